The number of fused-ring (bicyclic) bond motifs is 2. The van der Waals surface area contributed by atoms with E-state index in [9.17, 15) is 4.79 Å². The third kappa shape index (κ3) is 2.01. The van der Waals surface area contributed by atoms with E-state index in [4.69, 9.17) is 0 Å². The molecule has 0 aliphatic carbocycles. The Morgan fingerprint density at radius 2 is 2.14 bits per heavy atom. The van der Waals surface area contributed by atoms with Crippen molar-refractivity contribution >= 4 is 40.0 Å². The van der Waals surface area contributed by atoms with Crippen molar-refractivity contribution < 1.29 is 4.79 Å². The highest BCUT2D eigenvalue weighted by molar-refractivity contribution is 7.00. The lowest BCUT2D eigenvalue weighted by Gasteiger charge is -2.05. The summed E-state index contributed by atoms with van der Waals surface area (Å²) in [6.45, 7) is 0. The quantitative estimate of drug-likeness (QED) is 0.611. The molecule has 0 radical (unpaired) electrons. The van der Waals surface area contributed by atoms with Gasteiger partial charge in [-0.25, -0.2) is 9.50 Å². The van der Waals surface area contributed by atoms with Gasteiger partial charge in [0.2, 0.25) is 0 Å². The molecule has 0 fully saturated rings. The molecule has 3 heterocycles. The molecule has 0 spiro atoms. The van der Waals surface area contributed by atoms with E-state index in [1.165, 1.54) is 0 Å². The molecule has 1 amide bonds. The standard InChI is InChI=1S/C13H8N6OS/c20-13(10-4-5-11-14-6-7-19(11)16-10)15-8-2-1-3-9-12(8)18-21-17-9/h1-7H,(H,15,20). The molecule has 4 aromatic rings. The van der Waals surface area contributed by atoms with Gasteiger partial charge >= 0.3 is 0 Å². The Morgan fingerprint density at radius 3 is 3.10 bits per heavy atom. The zero-order valence-electron chi connectivity index (χ0n) is 10.6. The van der Waals surface area contributed by atoms with Crippen LogP contribution in [0.25, 0.3) is 16.7 Å². The summed E-state index contributed by atoms with van der Waals surface area (Å²) in [4.78, 5) is 16.4. The van der Waals surface area contributed by atoms with Crippen molar-refractivity contribution in [1.82, 2.24) is 23.3 Å². The average molecular weight is 296 g/mol. The van der Waals surface area contributed by atoms with Crippen LogP contribution in [-0.4, -0.2) is 29.3 Å². The van der Waals surface area contributed by atoms with Crippen LogP contribution >= 0.6 is 11.7 Å². The Morgan fingerprint density at radius 1 is 1.19 bits per heavy atom. The molecule has 0 unspecified atom stereocenters. The number of aromatic nitrogens is 5. The first kappa shape index (κ1) is 11.9. The maximum absolute atomic E-state index is 12.3. The Balaban J connectivity index is 1.70. The van der Waals surface area contributed by atoms with E-state index >= 15 is 0 Å². The first-order valence-corrected chi connectivity index (χ1v) is 6.87. The van der Waals surface area contributed by atoms with E-state index in [0.29, 0.717) is 22.5 Å². The van der Waals surface area contributed by atoms with E-state index in [-0.39, 0.29) is 5.91 Å². The van der Waals surface area contributed by atoms with Gasteiger partial charge in [0, 0.05) is 12.4 Å². The Labute approximate surface area is 122 Å². The summed E-state index contributed by atoms with van der Waals surface area (Å²) < 4.78 is 9.89. The summed E-state index contributed by atoms with van der Waals surface area (Å²) in [6, 6.07) is 8.84. The highest BCUT2D eigenvalue weighted by atomic mass is 32.1. The second kappa shape index (κ2) is 4.60. The molecule has 0 bridgehead atoms. The number of nitrogens with one attached hydrogen (secondary N) is 1. The summed E-state index contributed by atoms with van der Waals surface area (Å²) >= 11 is 1.11. The second-order valence-electron chi connectivity index (χ2n) is 4.34. The summed E-state index contributed by atoms with van der Waals surface area (Å²) in [5.41, 5.74) is 3.06. The number of nitrogens with zero attached hydrogens (tertiary/aromatic N) is 5. The number of hydrogen-bond donors (Lipinski definition) is 1. The molecule has 102 valence electrons. The molecular formula is C13H8N6OS. The SMILES string of the molecule is O=C(Nc1cccc2nsnc12)c1ccc2nccn2n1. The highest BCUT2D eigenvalue weighted by Gasteiger charge is 2.12. The van der Waals surface area contributed by atoms with E-state index in [1.807, 2.05) is 12.1 Å². The van der Waals surface area contributed by atoms with Gasteiger partial charge in [-0.15, -0.1) is 0 Å². The number of carbonyl (C=O) groups is 1. The molecule has 21 heavy (non-hydrogen) atoms. The number of anilines is 1. The minimum absolute atomic E-state index is 0.300. The fraction of sp³-hybridized carbons (Fsp3) is 0. The van der Waals surface area contributed by atoms with Crippen LogP contribution in [0.15, 0.2) is 42.7 Å². The minimum atomic E-state index is -0.300. The largest absolute Gasteiger partial charge is 0.319 e. The molecule has 0 aliphatic rings. The molecule has 4 rings (SSSR count). The predicted molar refractivity (Wildman–Crippen MR) is 78.4 cm³/mol. The first-order chi connectivity index (χ1) is 10.3. The third-order valence-electron chi connectivity index (χ3n) is 3.02. The number of benzene rings is 1. The maximum Gasteiger partial charge on any atom is 0.276 e. The van der Waals surface area contributed by atoms with Crippen LogP contribution in [-0.2, 0) is 0 Å². The monoisotopic (exact) mass is 296 g/mol. The third-order valence-corrected chi connectivity index (χ3v) is 3.56. The summed E-state index contributed by atoms with van der Waals surface area (Å²) in [5, 5.41) is 7.02. The van der Waals surface area contributed by atoms with Gasteiger partial charge in [0.25, 0.3) is 5.91 Å². The predicted octanol–water partition coefficient (Wildman–Crippen LogP) is 1.99. The van der Waals surface area contributed by atoms with Crippen LogP contribution in [0.3, 0.4) is 0 Å². The van der Waals surface area contributed by atoms with Gasteiger partial charge in [0.1, 0.15) is 16.7 Å². The van der Waals surface area contributed by atoms with Crippen molar-refractivity contribution in [2.24, 2.45) is 0 Å². The van der Waals surface area contributed by atoms with E-state index in [0.717, 1.165) is 17.2 Å². The van der Waals surface area contributed by atoms with Gasteiger partial charge in [0.05, 0.1) is 17.4 Å². The lowest BCUT2D eigenvalue weighted by atomic mass is 10.2. The smallest absolute Gasteiger partial charge is 0.276 e. The number of imidazole rings is 1. The molecule has 0 aliphatic heterocycles. The Kier molecular flexibility index (Phi) is 2.61. The van der Waals surface area contributed by atoms with E-state index < -0.39 is 0 Å². The van der Waals surface area contributed by atoms with Crippen molar-refractivity contribution in [3.05, 3.63) is 48.4 Å². The van der Waals surface area contributed by atoms with Gasteiger partial charge < -0.3 is 5.32 Å². The van der Waals surface area contributed by atoms with Crippen molar-refractivity contribution in [1.29, 1.82) is 0 Å². The van der Waals surface area contributed by atoms with Crippen LogP contribution in [0.4, 0.5) is 5.69 Å². The van der Waals surface area contributed by atoms with Gasteiger partial charge in [-0.3, -0.25) is 4.79 Å². The average Bonchev–Trinajstić information content (AvgIpc) is 3.15. The molecule has 0 atom stereocenters. The van der Waals surface area contributed by atoms with Crippen LogP contribution in [0.5, 0.6) is 0 Å². The zero-order chi connectivity index (χ0) is 14.2. The second-order valence-corrected chi connectivity index (χ2v) is 4.87. The lowest BCUT2D eigenvalue weighted by molar-refractivity contribution is 0.102. The van der Waals surface area contributed by atoms with E-state index in [2.05, 4.69) is 24.1 Å². The molecule has 7 nitrogen and oxygen atoms in total. The van der Waals surface area contributed by atoms with Crippen molar-refractivity contribution in [3.63, 3.8) is 0 Å². The fourth-order valence-corrected chi connectivity index (χ4v) is 2.58. The van der Waals surface area contributed by atoms with Gasteiger partial charge in [-0.1, -0.05) is 6.07 Å². The number of hydrogen-bond acceptors (Lipinski definition) is 6. The zero-order valence-corrected chi connectivity index (χ0v) is 11.4. The molecule has 0 saturated carbocycles. The van der Waals surface area contributed by atoms with Gasteiger partial charge in [-0.2, -0.15) is 13.8 Å². The van der Waals surface area contributed by atoms with Crippen LogP contribution in [0.2, 0.25) is 0 Å². The first-order valence-electron chi connectivity index (χ1n) is 6.14. The van der Waals surface area contributed by atoms with Crippen LogP contribution in [0.1, 0.15) is 10.5 Å². The normalized spacial score (nSPS) is 11.0. The number of rotatable bonds is 2. The molecule has 1 N–H and O–H groups in total. The number of carbonyl (C=O) groups excluding carboxylic acids is 1. The van der Waals surface area contributed by atoms with Gasteiger partial charge in [-0.05, 0) is 24.3 Å². The molecular weight excluding hydrogens is 288 g/mol. The van der Waals surface area contributed by atoms with Crippen LogP contribution in [0, 0.1) is 0 Å². The summed E-state index contributed by atoms with van der Waals surface area (Å²) in [6.07, 6.45) is 3.32. The van der Waals surface area contributed by atoms with Crippen LogP contribution < -0.4 is 5.32 Å². The lowest BCUT2D eigenvalue weighted by Crippen LogP contribution is -2.15. The maximum atomic E-state index is 12.3. The summed E-state index contributed by atoms with van der Waals surface area (Å²) in [7, 11) is 0. The fourth-order valence-electron chi connectivity index (χ4n) is 2.03. The van der Waals surface area contributed by atoms with E-state index in [1.54, 1.807) is 35.1 Å². The minimum Gasteiger partial charge on any atom is -0.319 e. The van der Waals surface area contributed by atoms with Gasteiger partial charge in [0.15, 0.2) is 5.65 Å². The Hall–Kier alpha value is -2.87. The molecule has 3 aromatic heterocycles. The number of amides is 1. The molecule has 8 heteroatoms. The molecule has 0 saturated heterocycles. The topological polar surface area (TPSA) is 85.1 Å². The Bertz CT molecular complexity index is 959. The van der Waals surface area contributed by atoms with Crippen molar-refractivity contribution in [3.8, 4) is 0 Å². The summed E-state index contributed by atoms with van der Waals surface area (Å²) in [5.74, 6) is -0.300. The van der Waals surface area contributed by atoms with Crippen molar-refractivity contribution in [2.75, 3.05) is 5.32 Å². The van der Waals surface area contributed by atoms with Crippen molar-refractivity contribution in [2.45, 2.75) is 0 Å². The highest BCUT2D eigenvalue weighted by Crippen LogP contribution is 2.21. The molecule has 1 aromatic carbocycles.